The number of nitrogens with one attached hydrogen (secondary N) is 2. The number of ether oxygens (including phenoxy) is 2. The van der Waals surface area contributed by atoms with Crippen LogP contribution in [0.15, 0.2) is 29.3 Å². The van der Waals surface area contributed by atoms with Gasteiger partial charge in [-0.2, -0.15) is 0 Å². The van der Waals surface area contributed by atoms with Crippen molar-refractivity contribution in [3.63, 3.8) is 0 Å². The topological polar surface area (TPSA) is 54.9 Å². The average Bonchev–Trinajstić information content (AvgIpc) is 2.62. The van der Waals surface area contributed by atoms with Crippen molar-refractivity contribution in [3.8, 4) is 5.75 Å². The van der Waals surface area contributed by atoms with Crippen molar-refractivity contribution < 1.29 is 9.47 Å². The molecule has 1 aromatic carbocycles. The number of unbranched alkanes of at least 4 members (excludes halogenated alkanes) is 1. The number of aliphatic imine (C=N–C) groups is 1. The first-order valence-corrected chi connectivity index (χ1v) is 8.95. The summed E-state index contributed by atoms with van der Waals surface area (Å²) in [7, 11) is 1.71. The van der Waals surface area contributed by atoms with E-state index >= 15 is 0 Å². The summed E-state index contributed by atoms with van der Waals surface area (Å²) in [5.41, 5.74) is 1.19. The second-order valence-electron chi connectivity index (χ2n) is 5.69. The Bertz CT molecular complexity index is 483. The van der Waals surface area contributed by atoms with E-state index in [0.717, 1.165) is 50.9 Å². The molecule has 0 amide bonds. The van der Waals surface area contributed by atoms with E-state index in [2.05, 4.69) is 30.5 Å². The van der Waals surface area contributed by atoms with E-state index in [-0.39, 0.29) is 24.0 Å². The predicted molar refractivity (Wildman–Crippen MR) is 117 cm³/mol. The van der Waals surface area contributed by atoms with Crippen molar-refractivity contribution in [1.29, 1.82) is 0 Å². The molecule has 6 heteroatoms. The van der Waals surface area contributed by atoms with Gasteiger partial charge >= 0.3 is 0 Å². The van der Waals surface area contributed by atoms with Gasteiger partial charge in [0.1, 0.15) is 5.75 Å². The molecule has 1 atom stereocenters. The molecular formula is C19H34IN3O2. The number of methoxy groups -OCH3 is 1. The molecule has 0 aliphatic carbocycles. The number of benzene rings is 1. The third kappa shape index (κ3) is 9.89. The van der Waals surface area contributed by atoms with E-state index in [1.165, 1.54) is 5.56 Å². The maximum absolute atomic E-state index is 5.44. The molecule has 0 heterocycles. The molecular weight excluding hydrogens is 429 g/mol. The van der Waals surface area contributed by atoms with Gasteiger partial charge < -0.3 is 20.1 Å². The Morgan fingerprint density at radius 2 is 1.92 bits per heavy atom. The lowest BCUT2D eigenvalue weighted by Crippen LogP contribution is -2.38. The van der Waals surface area contributed by atoms with E-state index in [0.29, 0.717) is 12.5 Å². The number of hydrogen-bond donors (Lipinski definition) is 2. The third-order valence-electron chi connectivity index (χ3n) is 3.75. The highest BCUT2D eigenvalue weighted by Crippen LogP contribution is 2.26. The van der Waals surface area contributed by atoms with Gasteiger partial charge in [0.05, 0.1) is 7.11 Å². The summed E-state index contributed by atoms with van der Waals surface area (Å²) in [6.45, 7) is 10.4. The van der Waals surface area contributed by atoms with Gasteiger partial charge in [0.15, 0.2) is 5.96 Å². The van der Waals surface area contributed by atoms with Crippen LogP contribution in [0.25, 0.3) is 0 Å². The zero-order valence-corrected chi connectivity index (χ0v) is 18.3. The van der Waals surface area contributed by atoms with Gasteiger partial charge in [-0.05, 0) is 38.3 Å². The number of rotatable bonds is 11. The monoisotopic (exact) mass is 463 g/mol. The second-order valence-corrected chi connectivity index (χ2v) is 5.69. The van der Waals surface area contributed by atoms with Crippen LogP contribution < -0.4 is 15.4 Å². The lowest BCUT2D eigenvalue weighted by atomic mass is 10.0. The molecule has 0 saturated heterocycles. The SMILES string of the molecule is CCNC(=NCC(C)c1ccccc1OC)NCCCCOCC.I. The molecule has 0 spiro atoms. The molecule has 5 nitrogen and oxygen atoms in total. The summed E-state index contributed by atoms with van der Waals surface area (Å²) < 4.78 is 10.8. The molecule has 144 valence electrons. The fourth-order valence-electron chi connectivity index (χ4n) is 2.42. The van der Waals surface area contributed by atoms with Crippen LogP contribution in [0, 0.1) is 0 Å². The first kappa shape index (κ1) is 24.0. The average molecular weight is 463 g/mol. The molecule has 1 unspecified atom stereocenters. The van der Waals surface area contributed by atoms with Gasteiger partial charge in [0.2, 0.25) is 0 Å². The standard InChI is InChI=1S/C19H33N3O2.HI/c1-5-20-19(21-13-9-10-14-24-6-2)22-15-16(3)17-11-7-8-12-18(17)23-4;/h7-8,11-12,16H,5-6,9-10,13-15H2,1-4H3,(H2,20,21,22);1H. The van der Waals surface area contributed by atoms with Gasteiger partial charge in [-0.25, -0.2) is 0 Å². The summed E-state index contributed by atoms with van der Waals surface area (Å²) in [4.78, 5) is 4.71. The van der Waals surface area contributed by atoms with Gasteiger partial charge in [-0.1, -0.05) is 25.1 Å². The van der Waals surface area contributed by atoms with Crippen LogP contribution >= 0.6 is 24.0 Å². The Morgan fingerprint density at radius 1 is 1.16 bits per heavy atom. The summed E-state index contributed by atoms with van der Waals surface area (Å²) in [6.07, 6.45) is 2.14. The van der Waals surface area contributed by atoms with Crippen molar-refractivity contribution in [2.24, 2.45) is 4.99 Å². The Labute approximate surface area is 170 Å². The van der Waals surface area contributed by atoms with Crippen LogP contribution in [0.4, 0.5) is 0 Å². The van der Waals surface area contributed by atoms with Crippen molar-refractivity contribution in [2.45, 2.75) is 39.5 Å². The first-order valence-electron chi connectivity index (χ1n) is 8.95. The Balaban J connectivity index is 0.00000576. The van der Waals surface area contributed by atoms with Crippen molar-refractivity contribution >= 4 is 29.9 Å². The van der Waals surface area contributed by atoms with E-state index in [4.69, 9.17) is 14.5 Å². The normalized spacial score (nSPS) is 12.2. The third-order valence-corrected chi connectivity index (χ3v) is 3.75. The fraction of sp³-hybridized carbons (Fsp3) is 0.632. The summed E-state index contributed by atoms with van der Waals surface area (Å²) in [5.74, 6) is 2.10. The number of hydrogen-bond acceptors (Lipinski definition) is 3. The van der Waals surface area contributed by atoms with Crippen LogP contribution in [0.3, 0.4) is 0 Å². The maximum Gasteiger partial charge on any atom is 0.191 e. The highest BCUT2D eigenvalue weighted by Gasteiger charge is 2.10. The molecule has 0 aromatic heterocycles. The van der Waals surface area contributed by atoms with E-state index < -0.39 is 0 Å². The first-order chi connectivity index (χ1) is 11.7. The van der Waals surface area contributed by atoms with Crippen LogP contribution in [0.1, 0.15) is 45.1 Å². The Hall–Kier alpha value is -1.02. The van der Waals surface area contributed by atoms with Crippen molar-refractivity contribution in [2.75, 3.05) is 40.0 Å². The minimum absolute atomic E-state index is 0. The molecule has 2 N–H and O–H groups in total. The molecule has 0 aliphatic heterocycles. The molecule has 1 rings (SSSR count). The molecule has 1 aromatic rings. The van der Waals surface area contributed by atoms with Gasteiger partial charge in [0, 0.05) is 38.8 Å². The van der Waals surface area contributed by atoms with Crippen molar-refractivity contribution in [1.82, 2.24) is 10.6 Å². The minimum atomic E-state index is 0. The zero-order chi connectivity index (χ0) is 17.6. The van der Waals surface area contributed by atoms with Crippen molar-refractivity contribution in [3.05, 3.63) is 29.8 Å². The number of nitrogens with zero attached hydrogens (tertiary/aromatic N) is 1. The van der Waals surface area contributed by atoms with Crippen LogP contribution in [-0.4, -0.2) is 45.9 Å². The predicted octanol–water partition coefficient (Wildman–Crippen LogP) is 3.79. The number of para-hydroxylation sites is 1. The van der Waals surface area contributed by atoms with Crippen LogP contribution in [0.5, 0.6) is 5.75 Å². The molecule has 0 bridgehead atoms. The molecule has 0 aliphatic rings. The maximum atomic E-state index is 5.44. The number of halogens is 1. The highest BCUT2D eigenvalue weighted by atomic mass is 127. The molecule has 0 saturated carbocycles. The molecule has 0 fully saturated rings. The van der Waals surface area contributed by atoms with Gasteiger partial charge in [-0.15, -0.1) is 24.0 Å². The molecule has 25 heavy (non-hydrogen) atoms. The van der Waals surface area contributed by atoms with E-state index in [9.17, 15) is 0 Å². The number of guanidine groups is 1. The fourth-order valence-corrected chi connectivity index (χ4v) is 2.42. The van der Waals surface area contributed by atoms with Gasteiger partial charge in [0.25, 0.3) is 0 Å². The summed E-state index contributed by atoms with van der Waals surface area (Å²) in [5, 5.41) is 6.68. The van der Waals surface area contributed by atoms with Gasteiger partial charge in [-0.3, -0.25) is 4.99 Å². The van der Waals surface area contributed by atoms with Crippen LogP contribution in [-0.2, 0) is 4.74 Å². The second kappa shape index (κ2) is 15.3. The smallest absolute Gasteiger partial charge is 0.191 e. The van der Waals surface area contributed by atoms with E-state index in [1.807, 2.05) is 25.1 Å². The largest absolute Gasteiger partial charge is 0.496 e. The highest BCUT2D eigenvalue weighted by molar-refractivity contribution is 14.0. The Kier molecular flexibility index (Phi) is 14.6. The van der Waals surface area contributed by atoms with Crippen LogP contribution in [0.2, 0.25) is 0 Å². The zero-order valence-electron chi connectivity index (χ0n) is 16.0. The Morgan fingerprint density at radius 3 is 2.60 bits per heavy atom. The van der Waals surface area contributed by atoms with E-state index in [1.54, 1.807) is 7.11 Å². The summed E-state index contributed by atoms with van der Waals surface area (Å²) >= 11 is 0. The quantitative estimate of drug-likeness (QED) is 0.227. The lowest BCUT2D eigenvalue weighted by molar-refractivity contribution is 0.143. The minimum Gasteiger partial charge on any atom is -0.496 e. The summed E-state index contributed by atoms with van der Waals surface area (Å²) in [6, 6.07) is 8.14. The lowest BCUT2D eigenvalue weighted by Gasteiger charge is -2.15. The molecule has 0 radical (unpaired) electrons.